The number of likely N-dealkylation sites (tertiary alicyclic amines) is 1. The molecule has 1 aliphatic rings. The van der Waals surface area contributed by atoms with Crippen molar-refractivity contribution in [2.24, 2.45) is 0 Å². The molecule has 1 saturated heterocycles. The van der Waals surface area contributed by atoms with Crippen molar-refractivity contribution in [2.75, 3.05) is 13.1 Å². The largest absolute Gasteiger partial charge is 0.488 e. The van der Waals surface area contributed by atoms with Gasteiger partial charge in [0.15, 0.2) is 6.10 Å². The molecule has 1 aliphatic heterocycles. The van der Waals surface area contributed by atoms with Crippen molar-refractivity contribution in [2.45, 2.75) is 32.5 Å². The molecule has 25 heavy (non-hydrogen) atoms. The fourth-order valence-electron chi connectivity index (χ4n) is 2.87. The Kier molecular flexibility index (Phi) is 5.07. The zero-order valence-corrected chi connectivity index (χ0v) is 14.3. The molecule has 132 valence electrons. The third kappa shape index (κ3) is 4.41. The maximum Gasteiger partial charge on any atom is 0.339 e. The molecule has 1 amide bonds. The van der Waals surface area contributed by atoms with Crippen LogP contribution in [0.3, 0.4) is 0 Å². The maximum absolute atomic E-state index is 12.5. The molecule has 0 spiro atoms. The van der Waals surface area contributed by atoms with E-state index in [1.165, 1.54) is 6.07 Å². The van der Waals surface area contributed by atoms with Gasteiger partial charge < -0.3 is 18.8 Å². The molecule has 1 fully saturated rings. The number of hydrogen-bond donors (Lipinski definition) is 0. The van der Waals surface area contributed by atoms with Gasteiger partial charge in [0, 0.05) is 19.0 Å². The minimum Gasteiger partial charge on any atom is -0.488 e. The van der Waals surface area contributed by atoms with E-state index >= 15 is 0 Å². The van der Waals surface area contributed by atoms with Gasteiger partial charge in [-0.1, -0.05) is 18.2 Å². The van der Waals surface area contributed by atoms with E-state index in [-0.39, 0.29) is 12.0 Å². The van der Waals surface area contributed by atoms with Crippen molar-refractivity contribution >= 4 is 5.91 Å². The Hall–Kier alpha value is -2.76. The molecule has 2 heterocycles. The Morgan fingerprint density at radius 3 is 2.72 bits per heavy atom. The number of nitrogens with zero attached hydrogens (tertiary/aromatic N) is 1. The quantitative estimate of drug-likeness (QED) is 0.834. The van der Waals surface area contributed by atoms with E-state index in [9.17, 15) is 9.59 Å². The van der Waals surface area contributed by atoms with Crippen LogP contribution in [0.25, 0.3) is 0 Å². The average Bonchev–Trinajstić information content (AvgIpc) is 3.02. The minimum atomic E-state index is -0.563. The molecule has 2 aromatic rings. The van der Waals surface area contributed by atoms with Gasteiger partial charge in [0.1, 0.15) is 23.4 Å². The molecule has 0 bridgehead atoms. The topological polar surface area (TPSA) is 69.0 Å². The first-order valence-electron chi connectivity index (χ1n) is 8.30. The Bertz CT molecular complexity index is 786. The average molecular weight is 343 g/mol. The van der Waals surface area contributed by atoms with Crippen molar-refractivity contribution in [3.63, 3.8) is 0 Å². The highest BCUT2D eigenvalue weighted by molar-refractivity contribution is 5.81. The van der Waals surface area contributed by atoms with Crippen molar-refractivity contribution in [3.8, 4) is 11.5 Å². The summed E-state index contributed by atoms with van der Waals surface area (Å²) in [6, 6.07) is 12.3. The summed E-state index contributed by atoms with van der Waals surface area (Å²) < 4.78 is 16.4. The molecule has 6 heteroatoms. The van der Waals surface area contributed by atoms with Crippen molar-refractivity contribution < 1.29 is 18.7 Å². The lowest BCUT2D eigenvalue weighted by Crippen LogP contribution is -2.40. The predicted octanol–water partition coefficient (Wildman–Crippen LogP) is 2.40. The van der Waals surface area contributed by atoms with Gasteiger partial charge in [-0.15, -0.1) is 0 Å². The molecule has 6 nitrogen and oxygen atoms in total. The second-order valence-electron chi connectivity index (χ2n) is 6.11. The lowest BCUT2D eigenvalue weighted by Gasteiger charge is -2.22. The van der Waals surface area contributed by atoms with Crippen LogP contribution in [-0.4, -0.2) is 36.1 Å². The monoisotopic (exact) mass is 343 g/mol. The fraction of sp³-hybridized carbons (Fsp3) is 0.368. The number of ether oxygens (including phenoxy) is 2. The number of para-hydroxylation sites is 1. The number of hydrogen-bond acceptors (Lipinski definition) is 5. The SMILES string of the molecule is Cc1cc(O[C@H]2CCN(C(=O)[C@H](C)Oc3ccccc3)C2)cc(=O)o1. The highest BCUT2D eigenvalue weighted by Gasteiger charge is 2.31. The number of aryl methyl sites for hydroxylation is 1. The molecule has 1 aromatic heterocycles. The summed E-state index contributed by atoms with van der Waals surface area (Å²) in [4.78, 5) is 25.7. The van der Waals surface area contributed by atoms with Crippen LogP contribution < -0.4 is 15.1 Å². The third-order valence-electron chi connectivity index (χ3n) is 4.03. The summed E-state index contributed by atoms with van der Waals surface area (Å²) in [6.07, 6.45) is 0.00420. The molecular weight excluding hydrogens is 322 g/mol. The number of benzene rings is 1. The Labute approximate surface area is 146 Å². The van der Waals surface area contributed by atoms with Gasteiger partial charge in [0.25, 0.3) is 5.91 Å². The lowest BCUT2D eigenvalue weighted by molar-refractivity contribution is -0.137. The number of amides is 1. The van der Waals surface area contributed by atoms with Crippen LogP contribution in [0.4, 0.5) is 0 Å². The van der Waals surface area contributed by atoms with Gasteiger partial charge in [-0.2, -0.15) is 0 Å². The van der Waals surface area contributed by atoms with Crippen LogP contribution in [0, 0.1) is 6.92 Å². The van der Waals surface area contributed by atoms with E-state index in [1.54, 1.807) is 24.8 Å². The van der Waals surface area contributed by atoms with Crippen molar-refractivity contribution in [1.82, 2.24) is 4.90 Å². The summed E-state index contributed by atoms with van der Waals surface area (Å²) in [6.45, 7) is 4.52. The number of carbonyl (C=O) groups is 1. The smallest absolute Gasteiger partial charge is 0.339 e. The van der Waals surface area contributed by atoms with E-state index in [0.29, 0.717) is 36.8 Å². The molecule has 3 rings (SSSR count). The van der Waals surface area contributed by atoms with Gasteiger partial charge in [-0.3, -0.25) is 4.79 Å². The summed E-state index contributed by atoms with van der Waals surface area (Å²) >= 11 is 0. The normalized spacial score (nSPS) is 18.0. The molecule has 0 saturated carbocycles. The highest BCUT2D eigenvalue weighted by atomic mass is 16.5. The van der Waals surface area contributed by atoms with Gasteiger partial charge >= 0.3 is 5.63 Å². The first kappa shape index (κ1) is 17.1. The summed E-state index contributed by atoms with van der Waals surface area (Å²) in [5.74, 6) is 1.57. The Balaban J connectivity index is 1.56. The van der Waals surface area contributed by atoms with Crippen molar-refractivity contribution in [3.05, 3.63) is 58.6 Å². The van der Waals surface area contributed by atoms with Crippen LogP contribution in [0.5, 0.6) is 11.5 Å². The Morgan fingerprint density at radius 1 is 1.24 bits per heavy atom. The lowest BCUT2D eigenvalue weighted by atomic mass is 10.3. The van der Waals surface area contributed by atoms with Gasteiger partial charge in [0.2, 0.25) is 0 Å². The van der Waals surface area contributed by atoms with E-state index in [4.69, 9.17) is 13.9 Å². The van der Waals surface area contributed by atoms with Gasteiger partial charge in [-0.25, -0.2) is 4.79 Å². The zero-order chi connectivity index (χ0) is 17.8. The predicted molar refractivity (Wildman–Crippen MR) is 91.9 cm³/mol. The van der Waals surface area contributed by atoms with Crippen LogP contribution in [0.1, 0.15) is 19.1 Å². The van der Waals surface area contributed by atoms with Crippen molar-refractivity contribution in [1.29, 1.82) is 0 Å². The summed E-state index contributed by atoms with van der Waals surface area (Å²) in [5, 5.41) is 0. The van der Waals surface area contributed by atoms with E-state index in [2.05, 4.69) is 0 Å². The molecule has 1 aromatic carbocycles. The second-order valence-corrected chi connectivity index (χ2v) is 6.11. The number of carbonyl (C=O) groups excluding carboxylic acids is 1. The highest BCUT2D eigenvalue weighted by Crippen LogP contribution is 2.20. The Morgan fingerprint density at radius 2 is 2.00 bits per heavy atom. The first-order valence-corrected chi connectivity index (χ1v) is 8.30. The van der Waals surface area contributed by atoms with E-state index < -0.39 is 11.7 Å². The van der Waals surface area contributed by atoms with Gasteiger partial charge in [0.05, 0.1) is 12.6 Å². The molecule has 0 N–H and O–H groups in total. The minimum absolute atomic E-state index is 0.0706. The molecule has 2 atom stereocenters. The first-order chi connectivity index (χ1) is 12.0. The molecular formula is C19H21NO5. The third-order valence-corrected chi connectivity index (χ3v) is 4.03. The summed E-state index contributed by atoms with van der Waals surface area (Å²) in [5.41, 5.74) is -0.439. The molecule has 0 radical (unpaired) electrons. The van der Waals surface area contributed by atoms with Crippen LogP contribution >= 0.6 is 0 Å². The van der Waals surface area contributed by atoms with Crippen LogP contribution in [0.15, 0.2) is 51.7 Å². The van der Waals surface area contributed by atoms with Crippen LogP contribution in [0.2, 0.25) is 0 Å². The molecule has 0 aliphatic carbocycles. The van der Waals surface area contributed by atoms with E-state index in [1.807, 2.05) is 30.3 Å². The standard InChI is InChI=1S/C19H21NO5/c1-13-10-17(11-18(21)23-13)25-16-8-9-20(12-16)19(22)14(2)24-15-6-4-3-5-7-15/h3-7,10-11,14,16H,8-9,12H2,1-2H3/t14-,16-/m0/s1. The summed E-state index contributed by atoms with van der Waals surface area (Å²) in [7, 11) is 0. The second kappa shape index (κ2) is 7.42. The fourth-order valence-corrected chi connectivity index (χ4v) is 2.87. The van der Waals surface area contributed by atoms with Crippen LogP contribution in [-0.2, 0) is 4.79 Å². The number of rotatable bonds is 5. The maximum atomic E-state index is 12.5. The van der Waals surface area contributed by atoms with E-state index in [0.717, 1.165) is 0 Å². The van der Waals surface area contributed by atoms with Gasteiger partial charge in [-0.05, 0) is 26.0 Å². The molecule has 0 unspecified atom stereocenters. The zero-order valence-electron chi connectivity index (χ0n) is 14.3.